The van der Waals surface area contributed by atoms with E-state index in [1.807, 2.05) is 0 Å². The van der Waals surface area contributed by atoms with Crippen LogP contribution in [0.15, 0.2) is 36.1 Å². The van der Waals surface area contributed by atoms with Crippen LogP contribution >= 0.6 is 0 Å². The quantitative estimate of drug-likeness (QED) is 0.738. The summed E-state index contributed by atoms with van der Waals surface area (Å²) in [5.41, 5.74) is 9.59. The predicted octanol–water partition coefficient (Wildman–Crippen LogP) is 4.98. The van der Waals surface area contributed by atoms with E-state index in [0.29, 0.717) is 42.4 Å². The van der Waals surface area contributed by atoms with Gasteiger partial charge in [-0.2, -0.15) is 0 Å². The van der Waals surface area contributed by atoms with Crippen LogP contribution in [0, 0.1) is 29.6 Å². The molecule has 0 saturated heterocycles. The Morgan fingerprint density at radius 3 is 2.74 bits per heavy atom. The van der Waals surface area contributed by atoms with Crippen molar-refractivity contribution in [1.29, 1.82) is 0 Å². The van der Waals surface area contributed by atoms with Crippen molar-refractivity contribution < 1.29 is 4.79 Å². The number of nitrogens with two attached hydrogens (primary N) is 1. The molecule has 2 N–H and O–H groups in total. The highest BCUT2D eigenvalue weighted by Gasteiger charge is 2.36. The van der Waals surface area contributed by atoms with Gasteiger partial charge in [0.25, 0.3) is 0 Å². The Morgan fingerprint density at radius 2 is 2.11 bits per heavy atom. The van der Waals surface area contributed by atoms with E-state index in [-0.39, 0.29) is 5.92 Å². The Morgan fingerprint density at radius 1 is 1.33 bits per heavy atom. The molecule has 0 aromatic carbocycles. The fraction of sp³-hybridized carbons (Fsp3) is 0.625. The molecule has 0 spiro atoms. The van der Waals surface area contributed by atoms with Crippen molar-refractivity contribution in [2.45, 2.75) is 52.9 Å². The first-order valence-electron chi connectivity index (χ1n) is 10.7. The first-order chi connectivity index (χ1) is 12.9. The van der Waals surface area contributed by atoms with E-state index in [1.165, 1.54) is 29.7 Å². The molecule has 148 valence electrons. The largest absolute Gasteiger partial charge is 0.351 e. The van der Waals surface area contributed by atoms with Gasteiger partial charge in [-0.1, -0.05) is 44.9 Å². The van der Waals surface area contributed by atoms with Crippen molar-refractivity contribution in [2.24, 2.45) is 42.4 Å². The minimum atomic E-state index is 0.229. The third-order valence-corrected chi connectivity index (χ3v) is 6.73. The molecule has 1 aromatic heterocycles. The van der Waals surface area contributed by atoms with Crippen molar-refractivity contribution >= 4 is 11.4 Å². The van der Waals surface area contributed by atoms with E-state index in [4.69, 9.17) is 5.73 Å². The average Bonchev–Trinajstić information content (AvgIpc) is 3.21. The minimum Gasteiger partial charge on any atom is -0.351 e. The normalized spacial score (nSPS) is 28.4. The first kappa shape index (κ1) is 20.1. The van der Waals surface area contributed by atoms with Gasteiger partial charge in [-0.05, 0) is 61.3 Å². The van der Waals surface area contributed by atoms with E-state index in [2.05, 4.69) is 62.9 Å². The molecule has 0 amide bonds. The molecular weight excluding hydrogens is 332 g/mol. The van der Waals surface area contributed by atoms with Crippen molar-refractivity contribution in [3.63, 3.8) is 0 Å². The van der Waals surface area contributed by atoms with Crippen molar-refractivity contribution in [1.82, 2.24) is 4.57 Å². The Balaban J connectivity index is 1.78. The average molecular weight is 369 g/mol. The minimum absolute atomic E-state index is 0.229. The summed E-state index contributed by atoms with van der Waals surface area (Å²) in [7, 11) is 2.07. The van der Waals surface area contributed by atoms with Crippen LogP contribution in [-0.2, 0) is 11.8 Å². The Kier molecular flexibility index (Phi) is 6.41. The lowest BCUT2D eigenvalue weighted by atomic mass is 9.67. The van der Waals surface area contributed by atoms with Crippen LogP contribution in [0.1, 0.15) is 58.6 Å². The standard InChI is InChI=1S/C24H36N2O/c1-16(2)21-8-7-17(3)12-22(21)24(27)15-19-14-20(13-18(19)9-10-25)23-6-5-11-26(23)4/h5-6,11,13-14,16-18,21-22H,7-10,12,15,25H2,1-4H3/t17-,18?,21+,22-/m1/s1. The van der Waals surface area contributed by atoms with Gasteiger partial charge in [-0.25, -0.2) is 0 Å². The number of aryl methyl sites for hydroxylation is 1. The van der Waals surface area contributed by atoms with Gasteiger partial charge in [0.2, 0.25) is 0 Å². The highest BCUT2D eigenvalue weighted by Crippen LogP contribution is 2.41. The van der Waals surface area contributed by atoms with Crippen LogP contribution in [0.25, 0.3) is 5.57 Å². The molecule has 0 aliphatic heterocycles. The molecule has 3 nitrogen and oxygen atoms in total. The lowest BCUT2D eigenvalue weighted by molar-refractivity contribution is -0.126. The number of carbonyl (C=O) groups excluding carboxylic acids is 1. The number of carbonyl (C=O) groups is 1. The van der Waals surface area contributed by atoms with Gasteiger partial charge in [0.1, 0.15) is 5.78 Å². The molecule has 3 rings (SSSR count). The zero-order chi connectivity index (χ0) is 19.6. The number of ketones is 1. The van der Waals surface area contributed by atoms with E-state index in [9.17, 15) is 4.79 Å². The smallest absolute Gasteiger partial charge is 0.140 e. The number of aromatic nitrogens is 1. The van der Waals surface area contributed by atoms with Crippen LogP contribution in [0.4, 0.5) is 0 Å². The van der Waals surface area contributed by atoms with Gasteiger partial charge in [0, 0.05) is 37.2 Å². The summed E-state index contributed by atoms with van der Waals surface area (Å²) in [5.74, 6) is 2.79. The lowest BCUT2D eigenvalue weighted by Crippen LogP contribution is -2.33. The maximum Gasteiger partial charge on any atom is 0.140 e. The number of nitrogens with zero attached hydrogens (tertiary/aromatic N) is 1. The molecule has 2 aliphatic rings. The van der Waals surface area contributed by atoms with E-state index in [0.717, 1.165) is 12.8 Å². The summed E-state index contributed by atoms with van der Waals surface area (Å²) in [5, 5.41) is 0. The second kappa shape index (κ2) is 8.60. The molecule has 27 heavy (non-hydrogen) atoms. The molecule has 1 unspecified atom stereocenters. The molecule has 1 fully saturated rings. The van der Waals surface area contributed by atoms with Crippen LogP contribution in [0.5, 0.6) is 0 Å². The van der Waals surface area contributed by atoms with Gasteiger partial charge < -0.3 is 10.3 Å². The van der Waals surface area contributed by atoms with Crippen molar-refractivity contribution in [2.75, 3.05) is 6.54 Å². The summed E-state index contributed by atoms with van der Waals surface area (Å²) >= 11 is 0. The van der Waals surface area contributed by atoms with Gasteiger partial charge >= 0.3 is 0 Å². The highest BCUT2D eigenvalue weighted by molar-refractivity contribution is 5.86. The molecule has 0 bridgehead atoms. The van der Waals surface area contributed by atoms with Crippen molar-refractivity contribution in [3.05, 3.63) is 41.7 Å². The fourth-order valence-corrected chi connectivity index (χ4v) is 5.13. The number of hydrogen-bond donors (Lipinski definition) is 1. The second-order valence-electron chi connectivity index (χ2n) is 9.11. The maximum atomic E-state index is 13.3. The van der Waals surface area contributed by atoms with Gasteiger partial charge in [-0.3, -0.25) is 4.79 Å². The summed E-state index contributed by atoms with van der Waals surface area (Å²) in [4.78, 5) is 13.3. The zero-order valence-electron chi connectivity index (χ0n) is 17.4. The van der Waals surface area contributed by atoms with Crippen LogP contribution < -0.4 is 5.73 Å². The molecule has 0 radical (unpaired) electrons. The zero-order valence-corrected chi connectivity index (χ0v) is 17.4. The monoisotopic (exact) mass is 368 g/mol. The third-order valence-electron chi connectivity index (χ3n) is 6.73. The summed E-state index contributed by atoms with van der Waals surface area (Å²) in [6.45, 7) is 7.52. The molecule has 4 atom stereocenters. The van der Waals surface area contributed by atoms with E-state index >= 15 is 0 Å². The van der Waals surface area contributed by atoms with Crippen molar-refractivity contribution in [3.8, 4) is 0 Å². The van der Waals surface area contributed by atoms with Crippen LogP contribution in [-0.4, -0.2) is 16.9 Å². The lowest BCUT2D eigenvalue weighted by Gasteiger charge is -2.36. The fourth-order valence-electron chi connectivity index (χ4n) is 5.13. The summed E-state index contributed by atoms with van der Waals surface area (Å²) in [6.07, 6.45) is 11.7. The molecule has 1 saturated carbocycles. The van der Waals surface area contributed by atoms with E-state index in [1.54, 1.807) is 0 Å². The number of Topliss-reactive ketones (excluding diaryl/α,β-unsaturated/α-hetero) is 1. The van der Waals surface area contributed by atoms with Gasteiger partial charge in [-0.15, -0.1) is 0 Å². The number of rotatable bonds is 7. The van der Waals surface area contributed by atoms with Crippen LogP contribution in [0.3, 0.4) is 0 Å². The molecule has 2 aliphatic carbocycles. The topological polar surface area (TPSA) is 48.0 Å². The molecule has 1 aromatic rings. The Labute approximate surface area is 164 Å². The Hall–Kier alpha value is -1.61. The summed E-state index contributed by atoms with van der Waals surface area (Å²) < 4.78 is 2.14. The van der Waals surface area contributed by atoms with E-state index < -0.39 is 0 Å². The molecule has 1 heterocycles. The number of allylic oxidation sites excluding steroid dienone is 4. The summed E-state index contributed by atoms with van der Waals surface area (Å²) in [6, 6.07) is 4.21. The number of hydrogen-bond acceptors (Lipinski definition) is 2. The Bertz CT molecular complexity index is 724. The highest BCUT2D eigenvalue weighted by atomic mass is 16.1. The SMILES string of the molecule is CC(C)[C@@H]1CC[C@@H](C)C[C@H]1C(=O)CC1=CC(c2cccn2C)=CC1CCN. The molecule has 3 heteroatoms. The second-order valence-corrected chi connectivity index (χ2v) is 9.11. The van der Waals surface area contributed by atoms with Gasteiger partial charge in [0.05, 0.1) is 0 Å². The van der Waals surface area contributed by atoms with Gasteiger partial charge in [0.15, 0.2) is 0 Å². The third kappa shape index (κ3) is 4.45. The maximum absolute atomic E-state index is 13.3. The first-order valence-corrected chi connectivity index (χ1v) is 10.7. The predicted molar refractivity (Wildman–Crippen MR) is 113 cm³/mol. The molecular formula is C24H36N2O. The van der Waals surface area contributed by atoms with Crippen LogP contribution in [0.2, 0.25) is 0 Å².